The molecule has 0 saturated heterocycles. The standard InChI is InChI=1S/C15H25FN2O/c1-10(15(2,3)4)9-12(18-17)11-7-6-8-13(19-5)14(11)16/h6-8,10,12,18H,9,17H2,1-5H3. The Morgan fingerprint density at radius 3 is 2.47 bits per heavy atom. The molecule has 0 fully saturated rings. The number of nitrogens with one attached hydrogen (secondary N) is 1. The Hall–Kier alpha value is -1.13. The van der Waals surface area contributed by atoms with Crippen LogP contribution in [0, 0.1) is 17.2 Å². The molecule has 1 aromatic rings. The van der Waals surface area contributed by atoms with Gasteiger partial charge in [-0.15, -0.1) is 0 Å². The van der Waals surface area contributed by atoms with Gasteiger partial charge in [-0.1, -0.05) is 39.8 Å². The fourth-order valence-corrected chi connectivity index (χ4v) is 1.95. The van der Waals surface area contributed by atoms with Crippen molar-refractivity contribution in [3.05, 3.63) is 29.6 Å². The van der Waals surface area contributed by atoms with Crippen LogP contribution in [-0.4, -0.2) is 7.11 Å². The summed E-state index contributed by atoms with van der Waals surface area (Å²) in [5.74, 6) is 5.91. The Morgan fingerprint density at radius 2 is 2.00 bits per heavy atom. The van der Waals surface area contributed by atoms with Crippen LogP contribution < -0.4 is 16.0 Å². The summed E-state index contributed by atoms with van der Waals surface area (Å²) < 4.78 is 19.2. The first-order valence-electron chi connectivity index (χ1n) is 6.59. The van der Waals surface area contributed by atoms with E-state index in [2.05, 4.69) is 33.1 Å². The SMILES string of the molecule is COc1cccc(C(CC(C)C(C)(C)C)NN)c1F. The molecule has 0 radical (unpaired) electrons. The van der Waals surface area contributed by atoms with E-state index >= 15 is 0 Å². The smallest absolute Gasteiger partial charge is 0.169 e. The molecule has 0 aliphatic carbocycles. The minimum Gasteiger partial charge on any atom is -0.494 e. The highest BCUT2D eigenvalue weighted by Gasteiger charge is 2.26. The van der Waals surface area contributed by atoms with Crippen LogP contribution in [0.1, 0.15) is 45.7 Å². The minimum absolute atomic E-state index is 0.157. The van der Waals surface area contributed by atoms with E-state index in [0.717, 1.165) is 6.42 Å². The fourth-order valence-electron chi connectivity index (χ4n) is 1.95. The van der Waals surface area contributed by atoms with Crippen molar-refractivity contribution < 1.29 is 9.13 Å². The van der Waals surface area contributed by atoms with Crippen LogP contribution in [0.15, 0.2) is 18.2 Å². The van der Waals surface area contributed by atoms with E-state index in [9.17, 15) is 4.39 Å². The number of rotatable bonds is 5. The zero-order valence-electron chi connectivity index (χ0n) is 12.5. The zero-order chi connectivity index (χ0) is 14.6. The fraction of sp³-hybridized carbons (Fsp3) is 0.600. The van der Waals surface area contributed by atoms with Gasteiger partial charge in [-0.2, -0.15) is 0 Å². The predicted molar refractivity (Wildman–Crippen MR) is 76.3 cm³/mol. The van der Waals surface area contributed by atoms with E-state index in [1.54, 1.807) is 18.2 Å². The summed E-state index contributed by atoms with van der Waals surface area (Å²) in [7, 11) is 1.46. The van der Waals surface area contributed by atoms with Crippen LogP contribution in [0.3, 0.4) is 0 Å². The van der Waals surface area contributed by atoms with Crippen molar-refractivity contribution in [3.63, 3.8) is 0 Å². The van der Waals surface area contributed by atoms with Gasteiger partial charge in [-0.3, -0.25) is 11.3 Å². The van der Waals surface area contributed by atoms with Gasteiger partial charge in [0, 0.05) is 11.6 Å². The normalized spacial score (nSPS) is 15.1. The molecule has 108 valence electrons. The first-order valence-corrected chi connectivity index (χ1v) is 6.59. The molecule has 19 heavy (non-hydrogen) atoms. The predicted octanol–water partition coefficient (Wildman–Crippen LogP) is 3.41. The number of hydrogen-bond acceptors (Lipinski definition) is 3. The second-order valence-electron chi connectivity index (χ2n) is 6.09. The molecular formula is C15H25FN2O. The minimum atomic E-state index is -0.339. The van der Waals surface area contributed by atoms with Crippen molar-refractivity contribution in [3.8, 4) is 5.75 Å². The second-order valence-corrected chi connectivity index (χ2v) is 6.09. The molecule has 0 spiro atoms. The molecule has 3 nitrogen and oxygen atoms in total. The maximum atomic E-state index is 14.2. The van der Waals surface area contributed by atoms with Crippen molar-refractivity contribution in [2.24, 2.45) is 17.2 Å². The van der Waals surface area contributed by atoms with Gasteiger partial charge in [0.1, 0.15) is 0 Å². The maximum absolute atomic E-state index is 14.2. The maximum Gasteiger partial charge on any atom is 0.169 e. The first-order chi connectivity index (χ1) is 8.81. The third-order valence-corrected chi connectivity index (χ3v) is 3.86. The Balaban J connectivity index is 2.98. The van der Waals surface area contributed by atoms with E-state index in [-0.39, 0.29) is 23.0 Å². The number of ether oxygens (including phenoxy) is 1. The number of halogens is 1. The zero-order valence-corrected chi connectivity index (χ0v) is 12.5. The molecule has 0 saturated carbocycles. The summed E-state index contributed by atoms with van der Waals surface area (Å²) in [6.45, 7) is 8.68. The monoisotopic (exact) mass is 268 g/mol. The lowest BCUT2D eigenvalue weighted by molar-refractivity contribution is 0.221. The van der Waals surface area contributed by atoms with Gasteiger partial charge < -0.3 is 4.74 Å². The summed E-state index contributed by atoms with van der Waals surface area (Å²) in [6.07, 6.45) is 0.768. The molecular weight excluding hydrogens is 243 g/mol. The van der Waals surface area contributed by atoms with Crippen LogP contribution in [0.25, 0.3) is 0 Å². The van der Waals surface area contributed by atoms with E-state index in [0.29, 0.717) is 11.5 Å². The Labute approximate surface area is 115 Å². The number of benzene rings is 1. The molecule has 1 rings (SSSR count). The average Bonchev–Trinajstić information content (AvgIpc) is 2.35. The topological polar surface area (TPSA) is 47.3 Å². The van der Waals surface area contributed by atoms with Crippen LogP contribution in [-0.2, 0) is 0 Å². The molecule has 2 atom stereocenters. The van der Waals surface area contributed by atoms with Crippen molar-refractivity contribution in [1.29, 1.82) is 0 Å². The van der Waals surface area contributed by atoms with Crippen molar-refractivity contribution in [2.75, 3.05) is 7.11 Å². The molecule has 3 N–H and O–H groups in total. The first kappa shape index (κ1) is 15.9. The molecule has 2 unspecified atom stereocenters. The van der Waals surface area contributed by atoms with Crippen LogP contribution in [0.5, 0.6) is 5.75 Å². The quantitative estimate of drug-likeness (QED) is 0.635. The third-order valence-electron chi connectivity index (χ3n) is 3.86. The lowest BCUT2D eigenvalue weighted by atomic mass is 9.77. The van der Waals surface area contributed by atoms with Crippen molar-refractivity contribution in [1.82, 2.24) is 5.43 Å². The Kier molecular flexibility index (Phi) is 5.32. The largest absolute Gasteiger partial charge is 0.494 e. The molecule has 4 heteroatoms. The van der Waals surface area contributed by atoms with Crippen molar-refractivity contribution in [2.45, 2.75) is 40.2 Å². The summed E-state index contributed by atoms with van der Waals surface area (Å²) in [4.78, 5) is 0. The lowest BCUT2D eigenvalue weighted by Crippen LogP contribution is -2.32. The van der Waals surface area contributed by atoms with Gasteiger partial charge in [-0.25, -0.2) is 4.39 Å². The summed E-state index contributed by atoms with van der Waals surface area (Å²) in [5, 5.41) is 0. The number of hydrogen-bond donors (Lipinski definition) is 2. The highest BCUT2D eigenvalue weighted by atomic mass is 19.1. The highest BCUT2D eigenvalue weighted by Crippen LogP contribution is 2.35. The van der Waals surface area contributed by atoms with Gasteiger partial charge in [0.05, 0.1) is 7.11 Å². The third kappa shape index (κ3) is 3.91. The molecule has 0 aromatic heterocycles. The second kappa shape index (κ2) is 6.35. The molecule has 0 aliphatic heterocycles. The lowest BCUT2D eigenvalue weighted by Gasteiger charge is -2.31. The number of nitrogens with two attached hydrogens (primary N) is 1. The summed E-state index contributed by atoms with van der Waals surface area (Å²) in [6, 6.07) is 4.92. The van der Waals surface area contributed by atoms with Gasteiger partial charge in [-0.05, 0) is 23.8 Å². The van der Waals surface area contributed by atoms with Crippen LogP contribution in [0.2, 0.25) is 0 Å². The van der Waals surface area contributed by atoms with E-state index in [1.807, 2.05) is 0 Å². The summed E-state index contributed by atoms with van der Waals surface area (Å²) >= 11 is 0. The average molecular weight is 268 g/mol. The van der Waals surface area contributed by atoms with Crippen LogP contribution in [0.4, 0.5) is 4.39 Å². The van der Waals surface area contributed by atoms with Gasteiger partial charge in [0.2, 0.25) is 0 Å². The number of methoxy groups -OCH3 is 1. The van der Waals surface area contributed by atoms with Gasteiger partial charge in [0.15, 0.2) is 11.6 Å². The van der Waals surface area contributed by atoms with E-state index in [4.69, 9.17) is 10.6 Å². The van der Waals surface area contributed by atoms with E-state index < -0.39 is 0 Å². The summed E-state index contributed by atoms with van der Waals surface area (Å²) in [5.41, 5.74) is 3.43. The van der Waals surface area contributed by atoms with Crippen LogP contribution >= 0.6 is 0 Å². The molecule has 1 aromatic carbocycles. The van der Waals surface area contributed by atoms with Gasteiger partial charge >= 0.3 is 0 Å². The van der Waals surface area contributed by atoms with E-state index in [1.165, 1.54) is 7.11 Å². The molecule has 0 bridgehead atoms. The molecule has 0 heterocycles. The van der Waals surface area contributed by atoms with Crippen molar-refractivity contribution >= 4 is 0 Å². The Bertz CT molecular complexity index is 415. The molecule has 0 aliphatic rings. The highest BCUT2D eigenvalue weighted by molar-refractivity contribution is 5.33. The molecule has 0 amide bonds. The van der Waals surface area contributed by atoms with Gasteiger partial charge in [0.25, 0.3) is 0 Å². The Morgan fingerprint density at radius 1 is 1.37 bits per heavy atom. The number of hydrazine groups is 1.